The molecule has 4 unspecified atom stereocenters. The van der Waals surface area contributed by atoms with Gasteiger partial charge in [-0.1, -0.05) is 12.8 Å². The van der Waals surface area contributed by atoms with Gasteiger partial charge in [-0.3, -0.25) is 9.69 Å². The van der Waals surface area contributed by atoms with E-state index < -0.39 is 0 Å². The zero-order valence-electron chi connectivity index (χ0n) is 21.1. The average molecular weight is 461 g/mol. The van der Waals surface area contributed by atoms with Gasteiger partial charge in [-0.25, -0.2) is 0 Å². The molecule has 2 aliphatic carbocycles. The summed E-state index contributed by atoms with van der Waals surface area (Å²) in [5, 5.41) is 3.90. The van der Waals surface area contributed by atoms with Crippen molar-refractivity contribution in [2.24, 2.45) is 17.8 Å². The quantitative estimate of drug-likeness (QED) is 0.684. The van der Waals surface area contributed by atoms with Crippen LogP contribution in [0.25, 0.3) is 0 Å². The van der Waals surface area contributed by atoms with Crippen LogP contribution < -0.4 is 5.32 Å². The number of rotatable bonds is 5. The van der Waals surface area contributed by atoms with Crippen molar-refractivity contribution in [1.29, 1.82) is 0 Å². The molecule has 4 atom stereocenters. The molecule has 6 nitrogen and oxygen atoms in total. The van der Waals surface area contributed by atoms with Crippen LogP contribution in [0.5, 0.6) is 0 Å². The molecular weight excluding hydrogens is 412 g/mol. The van der Waals surface area contributed by atoms with Gasteiger partial charge in [0.25, 0.3) is 0 Å². The summed E-state index contributed by atoms with van der Waals surface area (Å²) in [4.78, 5) is 20.5. The number of hydrogen-bond acceptors (Lipinski definition) is 5. The van der Waals surface area contributed by atoms with Crippen molar-refractivity contribution in [1.82, 2.24) is 20.0 Å². The molecule has 33 heavy (non-hydrogen) atoms. The van der Waals surface area contributed by atoms with Gasteiger partial charge in [-0.2, -0.15) is 0 Å². The van der Waals surface area contributed by atoms with Gasteiger partial charge < -0.3 is 19.9 Å². The Bertz CT molecular complexity index is 632. The third-order valence-electron chi connectivity index (χ3n) is 9.70. The number of piperidine rings is 2. The van der Waals surface area contributed by atoms with Gasteiger partial charge in [0.15, 0.2) is 0 Å². The summed E-state index contributed by atoms with van der Waals surface area (Å²) < 4.78 is 6.03. The zero-order chi connectivity index (χ0) is 22.6. The Morgan fingerprint density at radius 1 is 0.848 bits per heavy atom. The SMILES string of the molecule is COC1CCC2CCCNC2C1N1CCCN(CC2CCN(C(=O)C3CCCC3)CC2)CC1. The lowest BCUT2D eigenvalue weighted by molar-refractivity contribution is -0.136. The number of carbonyl (C=O) groups is 1. The number of nitrogens with zero attached hydrogens (tertiary/aromatic N) is 3. The summed E-state index contributed by atoms with van der Waals surface area (Å²) in [6, 6.07) is 1.16. The van der Waals surface area contributed by atoms with Gasteiger partial charge in [0, 0.05) is 51.8 Å². The van der Waals surface area contributed by atoms with Crippen LogP contribution in [0.2, 0.25) is 0 Å². The molecule has 6 heteroatoms. The Morgan fingerprint density at radius 3 is 2.45 bits per heavy atom. The predicted molar refractivity (Wildman–Crippen MR) is 132 cm³/mol. The van der Waals surface area contributed by atoms with Crippen LogP contribution in [-0.4, -0.2) is 98.3 Å². The molecule has 3 saturated heterocycles. The van der Waals surface area contributed by atoms with Crippen LogP contribution in [-0.2, 0) is 9.53 Å². The number of methoxy groups -OCH3 is 1. The maximum atomic E-state index is 12.8. The largest absolute Gasteiger partial charge is 0.380 e. The van der Waals surface area contributed by atoms with Crippen LogP contribution in [0.3, 0.4) is 0 Å². The smallest absolute Gasteiger partial charge is 0.225 e. The first-order valence-electron chi connectivity index (χ1n) is 14.2. The first-order valence-corrected chi connectivity index (χ1v) is 14.2. The fraction of sp³-hybridized carbons (Fsp3) is 0.963. The Hall–Kier alpha value is -0.690. The van der Waals surface area contributed by atoms with E-state index in [-0.39, 0.29) is 0 Å². The number of ether oxygens (including phenoxy) is 1. The Morgan fingerprint density at radius 2 is 1.67 bits per heavy atom. The second-order valence-electron chi connectivity index (χ2n) is 11.7. The molecule has 5 fully saturated rings. The highest BCUT2D eigenvalue weighted by atomic mass is 16.5. The first-order chi connectivity index (χ1) is 16.2. The standard InChI is InChI=1S/C27H48N4O2/c1-33-24-10-9-22-8-4-13-28-25(22)26(24)30-15-5-14-29(18-19-30)20-21-11-16-31(17-12-21)27(32)23-6-2-3-7-23/h21-26,28H,2-20H2,1H3. The second-order valence-corrected chi connectivity index (χ2v) is 11.7. The molecule has 1 N–H and O–H groups in total. The topological polar surface area (TPSA) is 48.1 Å². The fourth-order valence-corrected chi connectivity index (χ4v) is 7.81. The minimum atomic E-state index is 0.340. The summed E-state index contributed by atoms with van der Waals surface area (Å²) in [6.07, 6.45) is 14.1. The highest BCUT2D eigenvalue weighted by molar-refractivity contribution is 5.79. The van der Waals surface area contributed by atoms with E-state index in [4.69, 9.17) is 4.74 Å². The number of fused-ring (bicyclic) bond motifs is 1. The summed E-state index contributed by atoms with van der Waals surface area (Å²) in [5.41, 5.74) is 0. The van der Waals surface area contributed by atoms with Crippen LogP contribution in [0.4, 0.5) is 0 Å². The Kier molecular flexibility index (Phi) is 8.27. The molecule has 2 saturated carbocycles. The van der Waals surface area contributed by atoms with Crippen molar-refractivity contribution < 1.29 is 9.53 Å². The Balaban J connectivity index is 1.11. The lowest BCUT2D eigenvalue weighted by Gasteiger charge is -2.49. The van der Waals surface area contributed by atoms with Gasteiger partial charge in [0.05, 0.1) is 12.1 Å². The molecule has 1 amide bonds. The molecule has 0 spiro atoms. The molecule has 0 aromatic rings. The number of nitrogens with one attached hydrogen (secondary N) is 1. The first kappa shape index (κ1) is 24.0. The van der Waals surface area contributed by atoms with Crippen molar-refractivity contribution in [2.75, 3.05) is 59.5 Å². The van der Waals surface area contributed by atoms with Crippen LogP contribution in [0, 0.1) is 17.8 Å². The van der Waals surface area contributed by atoms with Gasteiger partial charge in [-0.05, 0) is 89.3 Å². The van der Waals surface area contributed by atoms with Crippen molar-refractivity contribution >= 4 is 5.91 Å². The van der Waals surface area contributed by atoms with E-state index in [1.54, 1.807) is 0 Å². The predicted octanol–water partition coefficient (Wildman–Crippen LogP) is 2.97. The van der Waals surface area contributed by atoms with Crippen LogP contribution in [0.1, 0.15) is 70.6 Å². The number of carbonyl (C=O) groups excluding carboxylic acids is 1. The van der Waals surface area contributed by atoms with Gasteiger partial charge >= 0.3 is 0 Å². The lowest BCUT2D eigenvalue weighted by atomic mass is 9.74. The number of likely N-dealkylation sites (tertiary alicyclic amines) is 1. The molecule has 5 aliphatic rings. The van der Waals surface area contributed by atoms with Gasteiger partial charge in [0.2, 0.25) is 5.91 Å². The molecule has 0 radical (unpaired) electrons. The third kappa shape index (κ3) is 5.60. The van der Waals surface area contributed by atoms with Gasteiger partial charge in [-0.15, -0.1) is 0 Å². The summed E-state index contributed by atoms with van der Waals surface area (Å²) in [5.74, 6) is 2.40. The highest BCUT2D eigenvalue weighted by Gasteiger charge is 2.43. The number of amides is 1. The zero-order valence-corrected chi connectivity index (χ0v) is 21.1. The average Bonchev–Trinajstić information content (AvgIpc) is 3.31. The minimum absolute atomic E-state index is 0.340. The summed E-state index contributed by atoms with van der Waals surface area (Å²) >= 11 is 0. The van der Waals surface area contributed by atoms with Crippen LogP contribution in [0.15, 0.2) is 0 Å². The maximum absolute atomic E-state index is 12.8. The molecule has 3 aliphatic heterocycles. The van der Waals surface area contributed by atoms with E-state index in [9.17, 15) is 4.79 Å². The molecule has 5 rings (SSSR count). The molecular formula is C27H48N4O2. The van der Waals surface area contributed by atoms with Crippen molar-refractivity contribution in [2.45, 2.75) is 88.8 Å². The lowest BCUT2D eigenvalue weighted by Crippen LogP contribution is -2.63. The minimum Gasteiger partial charge on any atom is -0.380 e. The monoisotopic (exact) mass is 460 g/mol. The van der Waals surface area contributed by atoms with Crippen molar-refractivity contribution in [3.8, 4) is 0 Å². The van der Waals surface area contributed by atoms with Crippen molar-refractivity contribution in [3.63, 3.8) is 0 Å². The molecule has 188 valence electrons. The molecule has 0 aromatic carbocycles. The molecule has 0 bridgehead atoms. The van der Waals surface area contributed by atoms with E-state index in [1.807, 2.05) is 7.11 Å². The normalized spacial score (nSPS) is 36.0. The second kappa shape index (κ2) is 11.4. The third-order valence-corrected chi connectivity index (χ3v) is 9.70. The fourth-order valence-electron chi connectivity index (χ4n) is 7.81. The maximum Gasteiger partial charge on any atom is 0.225 e. The van der Waals surface area contributed by atoms with E-state index >= 15 is 0 Å². The molecule has 0 aromatic heterocycles. The summed E-state index contributed by atoms with van der Waals surface area (Å²) in [6.45, 7) is 9.18. The van der Waals surface area contributed by atoms with Gasteiger partial charge in [0.1, 0.15) is 0 Å². The van der Waals surface area contributed by atoms with E-state index in [1.165, 1.54) is 97.1 Å². The number of hydrogen-bond donors (Lipinski definition) is 1. The van der Waals surface area contributed by atoms with E-state index in [2.05, 4.69) is 20.0 Å². The van der Waals surface area contributed by atoms with E-state index in [0.717, 1.165) is 37.8 Å². The molecule has 3 heterocycles. The van der Waals surface area contributed by atoms with E-state index in [0.29, 0.717) is 30.0 Å². The van der Waals surface area contributed by atoms with Crippen molar-refractivity contribution in [3.05, 3.63) is 0 Å². The Labute approximate surface area is 201 Å². The van der Waals surface area contributed by atoms with Crippen LogP contribution >= 0.6 is 0 Å². The summed E-state index contributed by atoms with van der Waals surface area (Å²) in [7, 11) is 1.93. The highest BCUT2D eigenvalue weighted by Crippen LogP contribution is 2.35.